The number of benzene rings is 1. The van der Waals surface area contributed by atoms with Crippen LogP contribution in [0.5, 0.6) is 0 Å². The number of carbonyl (C=O) groups excluding carboxylic acids is 1. The van der Waals surface area contributed by atoms with Gasteiger partial charge in [-0.05, 0) is 36.9 Å². The molecule has 1 saturated carbocycles. The lowest BCUT2D eigenvalue weighted by Crippen LogP contribution is -2.36. The van der Waals surface area contributed by atoms with Gasteiger partial charge in [0.2, 0.25) is 5.91 Å². The average molecular weight is 286 g/mol. The topological polar surface area (TPSA) is 83.8 Å². The van der Waals surface area contributed by atoms with Crippen molar-refractivity contribution in [3.63, 3.8) is 0 Å². The highest BCUT2D eigenvalue weighted by molar-refractivity contribution is 6.00. The maximum Gasteiger partial charge on any atom is 0.224 e. The molecule has 0 saturated heterocycles. The van der Waals surface area contributed by atoms with Crippen LogP contribution in [0.25, 0.3) is 10.9 Å². The SMILES string of the molecule is NCC1(CC(=O)Nc2cccc3[nH]ncc23)CCCCC1. The molecule has 0 radical (unpaired) electrons. The zero-order valence-electron chi connectivity index (χ0n) is 12.2. The molecule has 5 nitrogen and oxygen atoms in total. The Morgan fingerprint density at radius 3 is 2.90 bits per heavy atom. The first kappa shape index (κ1) is 14.1. The Labute approximate surface area is 124 Å². The largest absolute Gasteiger partial charge is 0.330 e. The minimum Gasteiger partial charge on any atom is -0.330 e. The summed E-state index contributed by atoms with van der Waals surface area (Å²) in [4.78, 5) is 12.4. The summed E-state index contributed by atoms with van der Waals surface area (Å²) < 4.78 is 0. The summed E-state index contributed by atoms with van der Waals surface area (Å²) in [5, 5.41) is 10.9. The number of carbonyl (C=O) groups is 1. The van der Waals surface area contributed by atoms with Gasteiger partial charge in [0.05, 0.1) is 17.4 Å². The highest BCUT2D eigenvalue weighted by Crippen LogP contribution is 2.38. The number of fused-ring (bicyclic) bond motifs is 1. The van der Waals surface area contributed by atoms with Crippen molar-refractivity contribution in [1.82, 2.24) is 10.2 Å². The van der Waals surface area contributed by atoms with Gasteiger partial charge >= 0.3 is 0 Å². The van der Waals surface area contributed by atoms with E-state index >= 15 is 0 Å². The van der Waals surface area contributed by atoms with Gasteiger partial charge < -0.3 is 11.1 Å². The number of hydrogen-bond donors (Lipinski definition) is 3. The summed E-state index contributed by atoms with van der Waals surface area (Å²) in [6, 6.07) is 5.77. The molecule has 0 atom stereocenters. The third-order valence-corrected chi connectivity index (χ3v) is 4.64. The van der Waals surface area contributed by atoms with E-state index in [-0.39, 0.29) is 11.3 Å². The predicted octanol–water partition coefficient (Wildman–Crippen LogP) is 2.80. The molecule has 1 heterocycles. The summed E-state index contributed by atoms with van der Waals surface area (Å²) >= 11 is 0. The highest BCUT2D eigenvalue weighted by atomic mass is 16.1. The maximum absolute atomic E-state index is 12.4. The lowest BCUT2D eigenvalue weighted by Gasteiger charge is -2.35. The van der Waals surface area contributed by atoms with Gasteiger partial charge in [0.15, 0.2) is 0 Å². The van der Waals surface area contributed by atoms with E-state index in [9.17, 15) is 4.79 Å². The molecule has 1 aliphatic carbocycles. The van der Waals surface area contributed by atoms with E-state index in [1.54, 1.807) is 6.20 Å². The van der Waals surface area contributed by atoms with Crippen molar-refractivity contribution in [2.75, 3.05) is 11.9 Å². The van der Waals surface area contributed by atoms with E-state index in [1.165, 1.54) is 19.3 Å². The third kappa shape index (κ3) is 2.93. The molecule has 0 bridgehead atoms. The number of amides is 1. The lowest BCUT2D eigenvalue weighted by molar-refractivity contribution is -0.118. The molecule has 0 unspecified atom stereocenters. The van der Waals surface area contributed by atoms with Crippen LogP contribution >= 0.6 is 0 Å². The first-order valence-corrected chi connectivity index (χ1v) is 7.64. The fraction of sp³-hybridized carbons (Fsp3) is 0.500. The van der Waals surface area contributed by atoms with Crippen LogP contribution in [0.4, 0.5) is 5.69 Å². The second kappa shape index (κ2) is 5.85. The summed E-state index contributed by atoms with van der Waals surface area (Å²) in [6.45, 7) is 0.594. The molecule has 0 aliphatic heterocycles. The van der Waals surface area contributed by atoms with Crippen LogP contribution in [0.15, 0.2) is 24.4 Å². The van der Waals surface area contributed by atoms with Crippen LogP contribution < -0.4 is 11.1 Å². The fourth-order valence-electron chi connectivity index (χ4n) is 3.37. The van der Waals surface area contributed by atoms with Crippen molar-refractivity contribution in [2.45, 2.75) is 38.5 Å². The monoisotopic (exact) mass is 286 g/mol. The molecular formula is C16H22N4O. The van der Waals surface area contributed by atoms with E-state index in [4.69, 9.17) is 5.73 Å². The smallest absolute Gasteiger partial charge is 0.224 e. The van der Waals surface area contributed by atoms with Gasteiger partial charge in [0.1, 0.15) is 0 Å². The molecule has 3 rings (SSSR count). The first-order valence-electron chi connectivity index (χ1n) is 7.64. The van der Waals surface area contributed by atoms with Crippen molar-refractivity contribution in [1.29, 1.82) is 0 Å². The molecule has 21 heavy (non-hydrogen) atoms. The van der Waals surface area contributed by atoms with E-state index < -0.39 is 0 Å². The number of rotatable bonds is 4. The van der Waals surface area contributed by atoms with Crippen LogP contribution in [0.1, 0.15) is 38.5 Å². The molecule has 1 fully saturated rings. The quantitative estimate of drug-likeness (QED) is 0.808. The Bertz CT molecular complexity index is 628. The van der Waals surface area contributed by atoms with Gasteiger partial charge in [0.25, 0.3) is 0 Å². The molecule has 1 aliphatic rings. The van der Waals surface area contributed by atoms with Gasteiger partial charge in [-0.1, -0.05) is 25.3 Å². The Morgan fingerprint density at radius 2 is 2.14 bits per heavy atom. The zero-order chi connectivity index (χ0) is 14.7. The van der Waals surface area contributed by atoms with Crippen molar-refractivity contribution in [2.24, 2.45) is 11.1 Å². The van der Waals surface area contributed by atoms with Crippen LogP contribution in [-0.2, 0) is 4.79 Å². The number of H-pyrrole nitrogens is 1. The molecule has 4 N–H and O–H groups in total. The number of aromatic nitrogens is 2. The molecule has 0 spiro atoms. The average Bonchev–Trinajstić information content (AvgIpc) is 2.98. The molecule has 1 aromatic heterocycles. The predicted molar refractivity (Wildman–Crippen MR) is 83.9 cm³/mol. The van der Waals surface area contributed by atoms with Crippen LogP contribution in [-0.4, -0.2) is 22.6 Å². The molecule has 112 valence electrons. The second-order valence-corrected chi connectivity index (χ2v) is 6.13. The Kier molecular flexibility index (Phi) is 3.92. The van der Waals surface area contributed by atoms with Gasteiger partial charge in [-0.25, -0.2) is 0 Å². The second-order valence-electron chi connectivity index (χ2n) is 6.13. The normalized spacial score (nSPS) is 17.8. The minimum absolute atomic E-state index is 0.00732. The van der Waals surface area contributed by atoms with Crippen molar-refractivity contribution < 1.29 is 4.79 Å². The number of nitrogens with two attached hydrogens (primary N) is 1. The van der Waals surface area contributed by atoms with E-state index in [1.807, 2.05) is 18.2 Å². The number of anilines is 1. The van der Waals surface area contributed by atoms with E-state index in [2.05, 4.69) is 15.5 Å². The molecular weight excluding hydrogens is 264 g/mol. The summed E-state index contributed by atoms with van der Waals surface area (Å²) in [5.74, 6) is 0.0519. The van der Waals surface area contributed by atoms with Gasteiger partial charge in [-0.3, -0.25) is 9.89 Å². The van der Waals surface area contributed by atoms with Crippen molar-refractivity contribution >= 4 is 22.5 Å². The third-order valence-electron chi connectivity index (χ3n) is 4.64. The molecule has 1 amide bonds. The van der Waals surface area contributed by atoms with Crippen LogP contribution in [0, 0.1) is 5.41 Å². The van der Waals surface area contributed by atoms with Crippen LogP contribution in [0.2, 0.25) is 0 Å². The number of nitrogens with one attached hydrogen (secondary N) is 2. The summed E-state index contributed by atoms with van der Waals surface area (Å²) in [5.41, 5.74) is 7.70. The highest BCUT2D eigenvalue weighted by Gasteiger charge is 2.33. The number of hydrogen-bond acceptors (Lipinski definition) is 3. The number of nitrogens with zero attached hydrogens (tertiary/aromatic N) is 1. The Morgan fingerprint density at radius 1 is 1.33 bits per heavy atom. The van der Waals surface area contributed by atoms with Crippen molar-refractivity contribution in [3.8, 4) is 0 Å². The minimum atomic E-state index is -0.00732. The number of aromatic amines is 1. The first-order chi connectivity index (χ1) is 10.2. The summed E-state index contributed by atoms with van der Waals surface area (Å²) in [7, 11) is 0. The fourth-order valence-corrected chi connectivity index (χ4v) is 3.37. The van der Waals surface area contributed by atoms with Crippen molar-refractivity contribution in [3.05, 3.63) is 24.4 Å². The van der Waals surface area contributed by atoms with Crippen LogP contribution in [0.3, 0.4) is 0 Å². The van der Waals surface area contributed by atoms with E-state index in [0.29, 0.717) is 13.0 Å². The summed E-state index contributed by atoms with van der Waals surface area (Å²) in [6.07, 6.45) is 8.00. The Hall–Kier alpha value is -1.88. The maximum atomic E-state index is 12.4. The molecule has 5 heteroatoms. The van der Waals surface area contributed by atoms with Gasteiger partial charge in [-0.2, -0.15) is 5.10 Å². The zero-order valence-corrected chi connectivity index (χ0v) is 12.2. The van der Waals surface area contributed by atoms with Gasteiger partial charge in [0, 0.05) is 11.8 Å². The molecule has 2 aromatic rings. The standard InChI is InChI=1S/C16H22N4O/c17-11-16(7-2-1-3-8-16)9-15(21)19-13-5-4-6-14-12(13)10-18-20-14/h4-6,10H,1-3,7-9,11,17H2,(H,18,20)(H,19,21). The van der Waals surface area contributed by atoms with Gasteiger partial charge in [-0.15, -0.1) is 0 Å². The Balaban J connectivity index is 1.72. The van der Waals surface area contributed by atoms with E-state index in [0.717, 1.165) is 29.4 Å². The molecule has 1 aromatic carbocycles. The lowest BCUT2D eigenvalue weighted by atomic mass is 9.71.